The fourth-order valence-electron chi connectivity index (χ4n) is 3.75. The van der Waals surface area contributed by atoms with Crippen molar-refractivity contribution in [3.05, 3.63) is 35.9 Å². The molecule has 7 nitrogen and oxygen atoms in total. The van der Waals surface area contributed by atoms with Gasteiger partial charge >= 0.3 is 5.97 Å². The molecule has 0 spiro atoms. The molecule has 1 aliphatic carbocycles. The van der Waals surface area contributed by atoms with Crippen molar-refractivity contribution in [3.8, 4) is 0 Å². The van der Waals surface area contributed by atoms with E-state index in [9.17, 15) is 19.2 Å². The van der Waals surface area contributed by atoms with Crippen molar-refractivity contribution in [1.29, 1.82) is 0 Å². The Hall–Kier alpha value is -2.35. The Morgan fingerprint density at radius 3 is 2.61 bits per heavy atom. The van der Waals surface area contributed by atoms with E-state index in [1.165, 1.54) is 11.8 Å². The number of hydrogen-bond acceptors (Lipinski definition) is 5. The van der Waals surface area contributed by atoms with E-state index in [1.807, 2.05) is 30.3 Å². The number of aliphatic carboxylic acids is 1. The highest BCUT2D eigenvalue weighted by atomic mass is 32.2. The Kier molecular flexibility index (Phi) is 6.39. The lowest BCUT2D eigenvalue weighted by molar-refractivity contribution is -0.146. The maximum atomic E-state index is 12.9. The molecule has 150 valence electrons. The van der Waals surface area contributed by atoms with Gasteiger partial charge < -0.3 is 15.3 Å². The molecule has 0 bridgehead atoms. The summed E-state index contributed by atoms with van der Waals surface area (Å²) in [5, 5.41) is 11.1. The van der Waals surface area contributed by atoms with E-state index < -0.39 is 17.3 Å². The van der Waals surface area contributed by atoms with Crippen LogP contribution in [0.1, 0.15) is 31.7 Å². The number of rotatable bonds is 7. The minimum atomic E-state index is -1.06. The lowest BCUT2D eigenvalue weighted by Gasteiger charge is -2.26. The normalized spacial score (nSPS) is 24.7. The zero-order chi connectivity index (χ0) is 20.3. The SMILES string of the molecule is CC(=O)S[C@@H](Cc1ccccc1)C(=O)N[C@H]1CC[C@H]2C[C@H]2N(CC(=O)O)C1=O. The molecule has 2 aliphatic rings. The summed E-state index contributed by atoms with van der Waals surface area (Å²) in [6.45, 7) is 1.07. The molecule has 1 aromatic carbocycles. The summed E-state index contributed by atoms with van der Waals surface area (Å²) in [7, 11) is 0. The van der Waals surface area contributed by atoms with Crippen LogP contribution in [0.5, 0.6) is 0 Å². The largest absolute Gasteiger partial charge is 0.480 e. The van der Waals surface area contributed by atoms with Crippen molar-refractivity contribution in [2.24, 2.45) is 5.92 Å². The number of hydrogen-bond donors (Lipinski definition) is 2. The molecule has 3 rings (SSSR count). The summed E-state index contributed by atoms with van der Waals surface area (Å²) in [5.74, 6) is -1.45. The lowest BCUT2D eigenvalue weighted by atomic mass is 10.1. The predicted molar refractivity (Wildman–Crippen MR) is 105 cm³/mol. The Morgan fingerprint density at radius 1 is 1.25 bits per heavy atom. The monoisotopic (exact) mass is 404 g/mol. The average molecular weight is 404 g/mol. The van der Waals surface area contributed by atoms with Gasteiger partial charge in [0.15, 0.2) is 5.12 Å². The molecular weight excluding hydrogens is 380 g/mol. The summed E-state index contributed by atoms with van der Waals surface area (Å²) < 4.78 is 0. The van der Waals surface area contributed by atoms with Crippen molar-refractivity contribution in [3.63, 3.8) is 0 Å². The van der Waals surface area contributed by atoms with Crippen LogP contribution in [0.4, 0.5) is 0 Å². The minimum absolute atomic E-state index is 0.0304. The number of carbonyl (C=O) groups excluding carboxylic acids is 3. The first-order chi connectivity index (χ1) is 13.3. The summed E-state index contributed by atoms with van der Waals surface area (Å²) in [6.07, 6.45) is 2.48. The van der Waals surface area contributed by atoms with E-state index >= 15 is 0 Å². The highest BCUT2D eigenvalue weighted by molar-refractivity contribution is 8.14. The number of likely N-dealkylation sites (tertiary alicyclic amines) is 1. The third-order valence-corrected chi connectivity index (χ3v) is 6.18. The standard InChI is InChI=1S/C20H24N2O5S/c1-12(23)28-17(9-13-5-3-2-4-6-13)19(26)21-15-8-7-14-10-16(14)22(20(15)27)11-18(24)25/h2-6,14-17H,7-11H2,1H3,(H,21,26)(H,24,25)/t14-,15-,16+,17-/m0/s1. The molecule has 1 saturated heterocycles. The van der Waals surface area contributed by atoms with Crippen molar-refractivity contribution in [2.45, 2.75) is 49.9 Å². The topological polar surface area (TPSA) is 104 Å². The van der Waals surface area contributed by atoms with Gasteiger partial charge in [0.1, 0.15) is 12.6 Å². The average Bonchev–Trinajstić information content (AvgIpc) is 3.42. The molecule has 0 unspecified atom stereocenters. The van der Waals surface area contributed by atoms with Gasteiger partial charge in [0.25, 0.3) is 0 Å². The zero-order valence-corrected chi connectivity index (χ0v) is 16.5. The van der Waals surface area contributed by atoms with Crippen LogP contribution in [0, 0.1) is 5.92 Å². The van der Waals surface area contributed by atoms with Crippen LogP contribution in [0.25, 0.3) is 0 Å². The van der Waals surface area contributed by atoms with Gasteiger partial charge in [0.05, 0.1) is 5.25 Å². The van der Waals surface area contributed by atoms with Gasteiger partial charge in [-0.25, -0.2) is 0 Å². The number of nitrogens with one attached hydrogen (secondary N) is 1. The number of carboxylic acid groups (broad SMARTS) is 1. The van der Waals surface area contributed by atoms with Crippen LogP contribution >= 0.6 is 11.8 Å². The summed E-state index contributed by atoms with van der Waals surface area (Å²) in [4.78, 5) is 49.8. The minimum Gasteiger partial charge on any atom is -0.480 e. The van der Waals surface area contributed by atoms with Gasteiger partial charge in [-0.2, -0.15) is 0 Å². The van der Waals surface area contributed by atoms with Gasteiger partial charge in [-0.1, -0.05) is 42.1 Å². The van der Waals surface area contributed by atoms with Gasteiger partial charge in [-0.3, -0.25) is 19.2 Å². The summed E-state index contributed by atoms with van der Waals surface area (Å²) >= 11 is 0.948. The Morgan fingerprint density at radius 2 is 1.96 bits per heavy atom. The number of amides is 2. The van der Waals surface area contributed by atoms with Crippen LogP contribution in [0.3, 0.4) is 0 Å². The second kappa shape index (κ2) is 8.77. The van der Waals surface area contributed by atoms with E-state index in [4.69, 9.17) is 5.11 Å². The zero-order valence-electron chi connectivity index (χ0n) is 15.7. The molecule has 2 amide bonds. The lowest BCUT2D eigenvalue weighted by Crippen LogP contribution is -2.51. The van der Waals surface area contributed by atoms with Crippen molar-refractivity contribution >= 4 is 34.7 Å². The van der Waals surface area contributed by atoms with Crippen LogP contribution in [0.2, 0.25) is 0 Å². The van der Waals surface area contributed by atoms with Crippen molar-refractivity contribution in [1.82, 2.24) is 10.2 Å². The van der Waals surface area contributed by atoms with Crippen molar-refractivity contribution in [2.75, 3.05) is 6.54 Å². The maximum Gasteiger partial charge on any atom is 0.323 e. The van der Waals surface area contributed by atoms with Gasteiger partial charge in [-0.05, 0) is 37.2 Å². The third-order valence-electron chi connectivity index (χ3n) is 5.18. The first kappa shape index (κ1) is 20.4. The molecule has 2 fully saturated rings. The molecule has 2 N–H and O–H groups in total. The third kappa shape index (κ3) is 5.13. The van der Waals surface area contributed by atoms with Crippen LogP contribution < -0.4 is 5.32 Å². The van der Waals surface area contributed by atoms with Gasteiger partial charge in [0.2, 0.25) is 11.8 Å². The quantitative estimate of drug-likeness (QED) is 0.713. The maximum absolute atomic E-state index is 12.9. The van der Waals surface area contributed by atoms with Gasteiger partial charge in [0, 0.05) is 13.0 Å². The second-order valence-corrected chi connectivity index (χ2v) is 8.73. The number of benzene rings is 1. The molecule has 8 heteroatoms. The molecule has 1 saturated carbocycles. The van der Waals surface area contributed by atoms with Crippen LogP contribution in [-0.4, -0.2) is 56.8 Å². The molecule has 0 radical (unpaired) electrons. The fourth-order valence-corrected chi connectivity index (χ4v) is 4.60. The Labute approximate surface area is 167 Å². The number of carboxylic acids is 1. The first-order valence-electron chi connectivity index (χ1n) is 9.39. The first-order valence-corrected chi connectivity index (χ1v) is 10.3. The smallest absolute Gasteiger partial charge is 0.323 e. The number of thioether (sulfide) groups is 1. The summed E-state index contributed by atoms with van der Waals surface area (Å²) in [6, 6.07) is 8.62. The van der Waals surface area contributed by atoms with E-state index in [1.54, 1.807) is 0 Å². The molecule has 28 heavy (non-hydrogen) atoms. The number of nitrogens with zero attached hydrogens (tertiary/aromatic N) is 1. The molecule has 1 heterocycles. The molecule has 1 aliphatic heterocycles. The van der Waals surface area contributed by atoms with E-state index in [0.29, 0.717) is 18.8 Å². The van der Waals surface area contributed by atoms with Crippen LogP contribution in [-0.2, 0) is 25.6 Å². The van der Waals surface area contributed by atoms with E-state index in [2.05, 4.69) is 5.32 Å². The highest BCUT2D eigenvalue weighted by Gasteiger charge is 2.48. The van der Waals surface area contributed by atoms with E-state index in [0.717, 1.165) is 30.2 Å². The van der Waals surface area contributed by atoms with E-state index in [-0.39, 0.29) is 29.5 Å². The second-order valence-electron chi connectivity index (χ2n) is 7.35. The van der Waals surface area contributed by atoms with Crippen LogP contribution in [0.15, 0.2) is 30.3 Å². The van der Waals surface area contributed by atoms with Gasteiger partial charge in [-0.15, -0.1) is 0 Å². The number of carbonyl (C=O) groups is 4. The Balaban J connectivity index is 1.69. The highest BCUT2D eigenvalue weighted by Crippen LogP contribution is 2.42. The molecular formula is C20H24N2O5S. The predicted octanol–water partition coefficient (Wildman–Crippen LogP) is 1.46. The molecule has 4 atom stereocenters. The fraction of sp³-hybridized carbons (Fsp3) is 0.500. The molecule has 0 aromatic heterocycles. The summed E-state index contributed by atoms with van der Waals surface area (Å²) in [5.41, 5.74) is 0.928. The molecule has 1 aromatic rings. The number of fused-ring (bicyclic) bond motifs is 1. The Bertz CT molecular complexity index is 769. The van der Waals surface area contributed by atoms with Crippen molar-refractivity contribution < 1.29 is 24.3 Å².